The molecule has 0 aliphatic heterocycles. The molecular formula is C17H28N6O9. The largest absolute Gasteiger partial charge is 0.481 e. The summed E-state index contributed by atoms with van der Waals surface area (Å²) >= 11 is 0. The van der Waals surface area contributed by atoms with Crippen LogP contribution in [0.2, 0.25) is 0 Å². The van der Waals surface area contributed by atoms with Crippen LogP contribution in [0.1, 0.15) is 39.0 Å². The van der Waals surface area contributed by atoms with Gasteiger partial charge in [-0.25, -0.2) is 4.79 Å². The van der Waals surface area contributed by atoms with Gasteiger partial charge in [0.1, 0.15) is 18.1 Å². The van der Waals surface area contributed by atoms with Crippen molar-refractivity contribution in [2.75, 3.05) is 0 Å². The quantitative estimate of drug-likeness (QED) is 0.117. The zero-order chi connectivity index (χ0) is 25.0. The molecule has 11 N–H and O–H groups in total. The van der Waals surface area contributed by atoms with Gasteiger partial charge < -0.3 is 43.4 Å². The van der Waals surface area contributed by atoms with Gasteiger partial charge in [0.25, 0.3) is 0 Å². The van der Waals surface area contributed by atoms with Crippen molar-refractivity contribution in [1.82, 2.24) is 16.0 Å². The first-order valence-corrected chi connectivity index (χ1v) is 9.42. The van der Waals surface area contributed by atoms with E-state index in [1.165, 1.54) is 6.92 Å². The van der Waals surface area contributed by atoms with Gasteiger partial charge in [0.15, 0.2) is 0 Å². The van der Waals surface area contributed by atoms with Gasteiger partial charge >= 0.3 is 11.9 Å². The van der Waals surface area contributed by atoms with Gasteiger partial charge in [-0.3, -0.25) is 28.8 Å². The van der Waals surface area contributed by atoms with E-state index in [2.05, 4.69) is 16.0 Å². The Bertz CT molecular complexity index is 757. The highest BCUT2D eigenvalue weighted by Gasteiger charge is 2.29. The fraction of sp³-hybridized carbons (Fsp3) is 0.588. The van der Waals surface area contributed by atoms with E-state index in [9.17, 15) is 33.6 Å². The van der Waals surface area contributed by atoms with Crippen LogP contribution in [0.4, 0.5) is 0 Å². The molecule has 0 heterocycles. The van der Waals surface area contributed by atoms with Crippen molar-refractivity contribution in [3.05, 3.63) is 0 Å². The summed E-state index contributed by atoms with van der Waals surface area (Å²) in [6.07, 6.45) is -2.05. The van der Waals surface area contributed by atoms with Crippen LogP contribution in [0.5, 0.6) is 0 Å². The number of hydrogen-bond donors (Lipinski definition) is 8. The lowest BCUT2D eigenvalue weighted by molar-refractivity contribution is -0.143. The number of primary amides is 2. The normalized spacial score (nSPS) is 14.2. The summed E-state index contributed by atoms with van der Waals surface area (Å²) in [5, 5.41) is 24.4. The van der Waals surface area contributed by atoms with Gasteiger partial charge in [0.2, 0.25) is 29.5 Å². The Morgan fingerprint density at radius 1 is 0.750 bits per heavy atom. The fourth-order valence-electron chi connectivity index (χ4n) is 2.35. The highest BCUT2D eigenvalue weighted by Crippen LogP contribution is 2.03. The Morgan fingerprint density at radius 3 is 1.75 bits per heavy atom. The zero-order valence-corrected chi connectivity index (χ0v) is 17.3. The Kier molecular flexibility index (Phi) is 11.9. The molecule has 4 atom stereocenters. The third-order valence-electron chi connectivity index (χ3n) is 4.08. The predicted molar refractivity (Wildman–Crippen MR) is 106 cm³/mol. The highest BCUT2D eigenvalue weighted by atomic mass is 16.4. The molecule has 0 rings (SSSR count). The standard InChI is InChI=1S/C17H28N6O9/c1-7(21-15(29)8(18)6-12(20)25)14(28)22-9(2-4-11(19)24)16(30)23-10(17(31)32)3-5-13(26)27/h7-10H,2-6,18H2,1H3,(H2,19,24)(H2,20,25)(H,21,29)(H,22,28)(H,23,30)(H,26,27)(H,31,32). The van der Waals surface area contributed by atoms with Crippen LogP contribution >= 0.6 is 0 Å². The fourth-order valence-corrected chi connectivity index (χ4v) is 2.35. The molecule has 0 fully saturated rings. The second-order valence-electron chi connectivity index (χ2n) is 6.91. The van der Waals surface area contributed by atoms with Crippen LogP contribution in [0.3, 0.4) is 0 Å². The summed E-state index contributed by atoms with van der Waals surface area (Å²) in [4.78, 5) is 80.6. The average Bonchev–Trinajstić information content (AvgIpc) is 2.66. The smallest absolute Gasteiger partial charge is 0.326 e. The third kappa shape index (κ3) is 11.4. The van der Waals surface area contributed by atoms with E-state index in [0.29, 0.717) is 0 Å². The first-order valence-electron chi connectivity index (χ1n) is 9.42. The van der Waals surface area contributed by atoms with Crippen LogP contribution in [-0.2, 0) is 33.6 Å². The topological polar surface area (TPSA) is 274 Å². The van der Waals surface area contributed by atoms with E-state index in [1.807, 2.05) is 0 Å². The molecule has 0 saturated carbocycles. The van der Waals surface area contributed by atoms with E-state index in [-0.39, 0.29) is 12.8 Å². The number of hydrogen-bond acceptors (Lipinski definition) is 8. The average molecular weight is 460 g/mol. The molecule has 0 spiro atoms. The van der Waals surface area contributed by atoms with E-state index in [0.717, 1.165) is 0 Å². The van der Waals surface area contributed by atoms with Crippen LogP contribution in [-0.4, -0.2) is 75.9 Å². The van der Waals surface area contributed by atoms with Crippen molar-refractivity contribution < 1.29 is 43.8 Å². The summed E-state index contributed by atoms with van der Waals surface area (Å²) in [5.41, 5.74) is 15.5. The molecule has 0 aliphatic rings. The molecule has 5 amide bonds. The minimum atomic E-state index is -1.56. The number of amides is 5. The number of carboxylic acids is 2. The minimum Gasteiger partial charge on any atom is -0.481 e. The number of aliphatic carboxylic acids is 2. The maximum atomic E-state index is 12.5. The van der Waals surface area contributed by atoms with E-state index >= 15 is 0 Å². The molecule has 0 aromatic carbocycles. The van der Waals surface area contributed by atoms with Gasteiger partial charge in [0, 0.05) is 12.8 Å². The first kappa shape index (κ1) is 28.2. The van der Waals surface area contributed by atoms with Crippen molar-refractivity contribution in [1.29, 1.82) is 0 Å². The van der Waals surface area contributed by atoms with Crippen molar-refractivity contribution in [3.63, 3.8) is 0 Å². The Labute approximate surface area is 182 Å². The van der Waals surface area contributed by atoms with E-state index in [1.54, 1.807) is 0 Å². The molecule has 0 aromatic rings. The predicted octanol–water partition coefficient (Wildman–Crippen LogP) is -4.12. The van der Waals surface area contributed by atoms with Gasteiger partial charge in [-0.05, 0) is 19.8 Å². The molecule has 0 radical (unpaired) electrons. The van der Waals surface area contributed by atoms with E-state index in [4.69, 9.17) is 27.4 Å². The molecule has 15 heteroatoms. The summed E-state index contributed by atoms with van der Waals surface area (Å²) < 4.78 is 0. The van der Waals surface area contributed by atoms with Crippen LogP contribution in [0.15, 0.2) is 0 Å². The SMILES string of the molecule is CC(NC(=O)C(N)CC(N)=O)C(=O)NC(CCC(N)=O)C(=O)NC(CCC(=O)O)C(=O)O. The second-order valence-corrected chi connectivity index (χ2v) is 6.91. The molecule has 15 nitrogen and oxygen atoms in total. The Morgan fingerprint density at radius 2 is 1.28 bits per heavy atom. The van der Waals surface area contributed by atoms with Gasteiger partial charge in [-0.2, -0.15) is 0 Å². The summed E-state index contributed by atoms with van der Waals surface area (Å²) in [5.74, 6) is -7.13. The molecule has 32 heavy (non-hydrogen) atoms. The molecule has 180 valence electrons. The molecule has 0 aliphatic carbocycles. The maximum Gasteiger partial charge on any atom is 0.326 e. The number of nitrogens with one attached hydrogen (secondary N) is 3. The van der Waals surface area contributed by atoms with Crippen molar-refractivity contribution in [2.24, 2.45) is 17.2 Å². The summed E-state index contributed by atoms with van der Waals surface area (Å²) in [6, 6.07) is -5.51. The first-order chi connectivity index (χ1) is 14.7. The lowest BCUT2D eigenvalue weighted by Crippen LogP contribution is -2.56. The number of carbonyl (C=O) groups excluding carboxylic acids is 5. The summed E-state index contributed by atoms with van der Waals surface area (Å²) in [6.45, 7) is 1.25. The molecular weight excluding hydrogens is 432 g/mol. The zero-order valence-electron chi connectivity index (χ0n) is 17.3. The maximum absolute atomic E-state index is 12.5. The van der Waals surface area contributed by atoms with Crippen molar-refractivity contribution in [2.45, 2.75) is 63.2 Å². The number of rotatable bonds is 15. The minimum absolute atomic E-state index is 0.292. The highest BCUT2D eigenvalue weighted by molar-refractivity contribution is 5.95. The molecule has 0 bridgehead atoms. The van der Waals surface area contributed by atoms with Gasteiger partial charge in [-0.1, -0.05) is 0 Å². The lowest BCUT2D eigenvalue weighted by atomic mass is 10.1. The number of nitrogens with two attached hydrogens (primary N) is 3. The summed E-state index contributed by atoms with van der Waals surface area (Å²) in [7, 11) is 0. The van der Waals surface area contributed by atoms with Gasteiger partial charge in [0.05, 0.1) is 12.5 Å². The Balaban J connectivity index is 5.21. The lowest BCUT2D eigenvalue weighted by Gasteiger charge is -2.23. The Hall–Kier alpha value is -3.75. The van der Waals surface area contributed by atoms with E-state index < -0.39 is 84.9 Å². The third-order valence-corrected chi connectivity index (χ3v) is 4.08. The van der Waals surface area contributed by atoms with Crippen LogP contribution in [0, 0.1) is 0 Å². The van der Waals surface area contributed by atoms with Crippen molar-refractivity contribution >= 4 is 41.5 Å². The number of carboxylic acid groups (broad SMARTS) is 2. The van der Waals surface area contributed by atoms with Crippen LogP contribution in [0.25, 0.3) is 0 Å². The second kappa shape index (κ2) is 13.5. The monoisotopic (exact) mass is 460 g/mol. The van der Waals surface area contributed by atoms with Crippen LogP contribution < -0.4 is 33.2 Å². The van der Waals surface area contributed by atoms with Crippen molar-refractivity contribution in [3.8, 4) is 0 Å². The number of carbonyl (C=O) groups is 7. The molecule has 4 unspecified atom stereocenters. The molecule has 0 saturated heterocycles. The van der Waals surface area contributed by atoms with Gasteiger partial charge in [-0.15, -0.1) is 0 Å². The molecule has 0 aromatic heterocycles.